The highest BCUT2D eigenvalue weighted by atomic mass is 15.0. The fourth-order valence-corrected chi connectivity index (χ4v) is 26.1. The molecule has 31 rings (SSSR count). The Balaban J connectivity index is 0.0000000990. The maximum Gasteiger partial charge on any atom is 0.0547 e. The second-order valence-corrected chi connectivity index (χ2v) is 39.8. The third-order valence-electron chi connectivity index (χ3n) is 32.1. The van der Waals surface area contributed by atoms with Crippen molar-refractivity contribution >= 4 is 109 Å². The number of hydrogen-bond acceptors (Lipinski definition) is 0. The number of aromatic nitrogens is 3. The number of fused-ring (bicyclic) bond motifs is 31. The van der Waals surface area contributed by atoms with Gasteiger partial charge < -0.3 is 13.7 Å². The van der Waals surface area contributed by atoms with Crippen LogP contribution in [0.3, 0.4) is 0 Å². The molecule has 0 bridgehead atoms. The predicted molar refractivity (Wildman–Crippen MR) is 575 cm³/mol. The van der Waals surface area contributed by atoms with Crippen LogP contribution in [-0.4, -0.2) is 13.7 Å². The Kier molecular flexibility index (Phi) is 15.9. The van der Waals surface area contributed by atoms with Crippen molar-refractivity contribution in [1.29, 1.82) is 0 Å². The van der Waals surface area contributed by atoms with E-state index in [0.29, 0.717) is 0 Å². The van der Waals surface area contributed by atoms with E-state index >= 15 is 0 Å². The maximum atomic E-state index is 2.51. The highest BCUT2D eigenvalue weighted by Crippen LogP contribution is 2.60. The monoisotopic (exact) mass is 1730 g/mol. The molecule has 3 heterocycles. The molecule has 0 fully saturated rings. The van der Waals surface area contributed by atoms with Crippen molar-refractivity contribution in [3.8, 4) is 151 Å². The maximum absolute atomic E-state index is 2.51. The van der Waals surface area contributed by atoms with E-state index in [1.165, 1.54) is 292 Å². The molecule has 0 atom stereocenters. The molecule has 0 radical (unpaired) electrons. The molecule has 0 amide bonds. The normalized spacial score (nSPS) is 13.8. The summed E-state index contributed by atoms with van der Waals surface area (Å²) in [5.74, 6) is 0. The second-order valence-electron chi connectivity index (χ2n) is 39.8. The Morgan fingerprint density at radius 3 is 0.860 bits per heavy atom. The van der Waals surface area contributed by atoms with Crippen molar-refractivity contribution in [1.82, 2.24) is 13.7 Å². The lowest BCUT2D eigenvalue weighted by Gasteiger charge is -2.21. The molecule has 636 valence electrons. The highest BCUT2D eigenvalue weighted by molar-refractivity contribution is 6.26. The summed E-state index contributed by atoms with van der Waals surface area (Å²) >= 11 is 0. The van der Waals surface area contributed by atoms with Crippen LogP contribution in [0.25, 0.3) is 259 Å². The molecule has 0 N–H and O–H groups in total. The van der Waals surface area contributed by atoms with Crippen LogP contribution in [0, 0.1) is 0 Å². The molecule has 6 aliphatic rings. The molecule has 136 heavy (non-hydrogen) atoms. The summed E-state index contributed by atoms with van der Waals surface area (Å²) in [6, 6.07) is 161. The van der Waals surface area contributed by atoms with Crippen LogP contribution < -0.4 is 0 Å². The van der Waals surface area contributed by atoms with Crippen molar-refractivity contribution in [2.45, 2.75) is 57.8 Å². The summed E-state index contributed by atoms with van der Waals surface area (Å²) in [5.41, 5.74) is 51.3. The minimum Gasteiger partial charge on any atom is -0.309 e. The fraction of sp³-hybridized carbons (Fsp3) is 0.0677. The first kappa shape index (κ1) is 76.9. The lowest BCUT2D eigenvalue weighted by Crippen LogP contribution is -2.14. The van der Waals surface area contributed by atoms with E-state index in [4.69, 9.17) is 0 Å². The number of rotatable bonds is 6. The summed E-state index contributed by atoms with van der Waals surface area (Å²) in [7, 11) is 0. The minimum atomic E-state index is -0.0430. The zero-order valence-electron chi connectivity index (χ0n) is 76.3. The predicted octanol–water partition coefficient (Wildman–Crippen LogP) is 35.8. The summed E-state index contributed by atoms with van der Waals surface area (Å²) in [6.45, 7) is 14.2. The first-order valence-corrected chi connectivity index (χ1v) is 48.0. The Hall–Kier alpha value is -16.7. The van der Waals surface area contributed by atoms with Crippen LogP contribution in [0.15, 0.2) is 431 Å². The first-order valence-electron chi connectivity index (χ1n) is 48.0. The number of para-hydroxylation sites is 3. The number of nitrogens with zero attached hydrogens (tertiary/aromatic N) is 3. The van der Waals surface area contributed by atoms with E-state index in [2.05, 4.69) is 486 Å². The summed E-state index contributed by atoms with van der Waals surface area (Å²) in [5, 5.41) is 18.5. The molecule has 3 nitrogen and oxygen atoms in total. The minimum absolute atomic E-state index is 0.0218. The van der Waals surface area contributed by atoms with E-state index < -0.39 is 0 Å². The molecule has 22 aromatic carbocycles. The molecule has 0 unspecified atom stereocenters. The molecule has 3 heteroatoms. The van der Waals surface area contributed by atoms with Gasteiger partial charge in [-0.3, -0.25) is 0 Å². The van der Waals surface area contributed by atoms with Crippen molar-refractivity contribution in [3.63, 3.8) is 0 Å². The smallest absolute Gasteiger partial charge is 0.0547 e. The van der Waals surface area contributed by atoms with E-state index in [1.807, 2.05) is 0 Å². The van der Waals surface area contributed by atoms with Gasteiger partial charge in [-0.25, -0.2) is 0 Å². The van der Waals surface area contributed by atoms with Gasteiger partial charge in [-0.05, 0) is 271 Å². The van der Waals surface area contributed by atoms with Crippen molar-refractivity contribution < 1.29 is 0 Å². The van der Waals surface area contributed by atoms with Crippen molar-refractivity contribution in [2.75, 3.05) is 0 Å². The van der Waals surface area contributed by atoms with E-state index in [1.54, 1.807) is 0 Å². The molecule has 0 saturated heterocycles. The van der Waals surface area contributed by atoms with Crippen LogP contribution >= 0.6 is 0 Å². The average Bonchev–Trinajstić information content (AvgIpc) is 1.55. The molecule has 0 spiro atoms. The Morgan fingerprint density at radius 1 is 0.147 bits per heavy atom. The zero-order valence-corrected chi connectivity index (χ0v) is 76.3. The van der Waals surface area contributed by atoms with Gasteiger partial charge in [0.2, 0.25) is 0 Å². The average molecular weight is 1730 g/mol. The van der Waals surface area contributed by atoms with Crippen molar-refractivity contribution in [2.24, 2.45) is 0 Å². The van der Waals surface area contributed by atoms with Crippen LogP contribution in [0.2, 0.25) is 0 Å². The van der Waals surface area contributed by atoms with Gasteiger partial charge in [0.25, 0.3) is 0 Å². The van der Waals surface area contributed by atoms with Gasteiger partial charge in [0.05, 0.1) is 38.8 Å². The molecular formula is C133H89N3. The van der Waals surface area contributed by atoms with Gasteiger partial charge >= 0.3 is 0 Å². The topological polar surface area (TPSA) is 14.8 Å². The SMILES string of the molecule is CC1(C)c2ccccc2-c2c1ccc1c2c2ccccc2n1-c1ccc(-c2ccc3c4c(cccc24)-c2ccccc2-3)c2ccccc12.CC1(C)c2ccccc2-c2c1ccc1c2c2ccccc2n1-c1ccc(-c2ccc3c4c(cccc24)-c2ccccc2-3)cc1.CC1(C)c2ccccc2-c2c1ccc1c2c2ccccc2n1-c1cccc(-c2ccc3c4c(cccc24)-c2ccccc2-3)c1. The lowest BCUT2D eigenvalue weighted by atomic mass is 9.82. The summed E-state index contributed by atoms with van der Waals surface area (Å²) < 4.78 is 7.43. The van der Waals surface area contributed by atoms with E-state index in [9.17, 15) is 0 Å². The van der Waals surface area contributed by atoms with Crippen LogP contribution in [-0.2, 0) is 16.2 Å². The number of benzene rings is 22. The fourth-order valence-electron chi connectivity index (χ4n) is 26.1. The molecule has 25 aromatic rings. The molecule has 0 aliphatic heterocycles. The van der Waals surface area contributed by atoms with E-state index in [-0.39, 0.29) is 16.2 Å². The van der Waals surface area contributed by atoms with Gasteiger partial charge in [0, 0.05) is 65.3 Å². The third kappa shape index (κ3) is 10.4. The standard InChI is InChI=1S/C47H31N.2C43H29N/c1-47(2)39-20-9-7-16-37(39)45-40(47)25-27-43-46(45)38-17-8-10-21-41(38)48(43)42-26-24-31(28-12-5-6-15-33(28)42)32-22-23-36-30-14-4-3-13-29(30)34-18-11-19-35(32)44(34)36;1-43(2)36-19-7-5-15-34(36)41-37(43)23-24-39-42(41)35-16-6-8-20-38(35)44(39)27-12-9-11-26(25-27)28-21-22-33-30-14-4-3-13-29(30)32-18-10-17-31(28)40(32)33;1-43(2)36-16-7-5-12-34(36)41-37(43)24-25-39-42(41)35-13-6-8-17-38(35)44(39)27-20-18-26(19-21-27)28-22-23-33-30-11-4-3-10-29(30)32-15-9-14-31(28)40(32)33/h3-27H,1-2H3;2*3-25H,1-2H3. The summed E-state index contributed by atoms with van der Waals surface area (Å²) in [6.07, 6.45) is 0. The quantitative estimate of drug-likeness (QED) is 0.158. The van der Waals surface area contributed by atoms with Gasteiger partial charge in [0.1, 0.15) is 0 Å². The Labute approximate surface area is 789 Å². The van der Waals surface area contributed by atoms with Gasteiger partial charge in [-0.15, -0.1) is 0 Å². The lowest BCUT2D eigenvalue weighted by molar-refractivity contribution is 0.660. The molecule has 0 saturated carbocycles. The van der Waals surface area contributed by atoms with Gasteiger partial charge in [0.15, 0.2) is 0 Å². The Morgan fingerprint density at radius 2 is 0.434 bits per heavy atom. The Bertz CT molecular complexity index is 9550. The molecule has 6 aliphatic carbocycles. The van der Waals surface area contributed by atoms with Gasteiger partial charge in [-0.2, -0.15) is 0 Å². The first-order chi connectivity index (χ1) is 66.8. The highest BCUT2D eigenvalue weighted by Gasteiger charge is 2.42. The third-order valence-corrected chi connectivity index (χ3v) is 32.1. The molecule has 3 aromatic heterocycles. The van der Waals surface area contributed by atoms with Crippen molar-refractivity contribution in [3.05, 3.63) is 464 Å². The summed E-state index contributed by atoms with van der Waals surface area (Å²) in [4.78, 5) is 0. The van der Waals surface area contributed by atoms with Gasteiger partial charge in [-0.1, -0.05) is 406 Å². The molecular weight excluding hydrogens is 1640 g/mol. The zero-order chi connectivity index (χ0) is 90.0. The van der Waals surface area contributed by atoms with Crippen LogP contribution in [0.4, 0.5) is 0 Å². The van der Waals surface area contributed by atoms with Crippen LogP contribution in [0.1, 0.15) is 74.9 Å². The van der Waals surface area contributed by atoms with E-state index in [0.717, 1.165) is 0 Å². The van der Waals surface area contributed by atoms with Crippen LogP contribution in [0.5, 0.6) is 0 Å². The second kappa shape index (κ2) is 28.2. The number of hydrogen-bond donors (Lipinski definition) is 0. The largest absolute Gasteiger partial charge is 0.309 e.